The molecule has 15 heavy (non-hydrogen) atoms. The topological polar surface area (TPSA) is 36.4 Å². The molecule has 0 bridgehead atoms. The molecule has 84 valence electrons. The van der Waals surface area contributed by atoms with Gasteiger partial charge in [0.25, 0.3) is 0 Å². The van der Waals surface area contributed by atoms with Crippen LogP contribution in [0.2, 0.25) is 0 Å². The van der Waals surface area contributed by atoms with Gasteiger partial charge in [-0.1, -0.05) is 6.42 Å². The molecule has 1 heterocycles. The minimum absolute atomic E-state index is 0.117. The molecule has 4 heteroatoms. The quantitative estimate of drug-likeness (QED) is 0.709. The fourth-order valence-electron chi connectivity index (χ4n) is 3.37. The van der Waals surface area contributed by atoms with Crippen LogP contribution in [0.4, 0.5) is 0 Å². The first-order valence-corrected chi connectivity index (χ1v) is 6.52. The minimum Gasteiger partial charge on any atom is -0.304 e. The number of piperazine rings is 1. The van der Waals surface area contributed by atoms with E-state index in [0.717, 1.165) is 13.0 Å². The zero-order valence-corrected chi connectivity index (χ0v) is 9.91. The fraction of sp³-hybridized carbons (Fsp3) is 1.00. The molecular weight excluding hydrogens is 206 g/mol. The number of hydrogen-bond acceptors (Lipinski definition) is 4. The van der Waals surface area contributed by atoms with Crippen molar-refractivity contribution in [3.63, 3.8) is 0 Å². The predicted octanol–water partition coefficient (Wildman–Crippen LogP) is 1.47. The van der Waals surface area contributed by atoms with Crippen LogP contribution in [0.1, 0.15) is 44.9 Å². The van der Waals surface area contributed by atoms with Crippen molar-refractivity contribution in [2.24, 2.45) is 4.36 Å². The maximum absolute atomic E-state index is 5.01. The van der Waals surface area contributed by atoms with Crippen LogP contribution in [-0.4, -0.2) is 23.8 Å². The second-order valence-electron chi connectivity index (χ2n) is 5.45. The second kappa shape index (κ2) is 3.47. The van der Waals surface area contributed by atoms with Gasteiger partial charge in [-0.2, -0.15) is 4.36 Å². The van der Waals surface area contributed by atoms with Crippen LogP contribution in [0, 0.1) is 0 Å². The molecule has 2 unspecified atom stereocenters. The summed E-state index contributed by atoms with van der Waals surface area (Å²) < 4.78 is 4.23. The maximum atomic E-state index is 5.01. The summed E-state index contributed by atoms with van der Waals surface area (Å²) in [5, 5.41) is 7.48. The molecule has 1 aliphatic heterocycles. The van der Waals surface area contributed by atoms with Crippen molar-refractivity contribution in [3.05, 3.63) is 0 Å². The molecule has 3 nitrogen and oxygen atoms in total. The van der Waals surface area contributed by atoms with Gasteiger partial charge >= 0.3 is 0 Å². The summed E-state index contributed by atoms with van der Waals surface area (Å²) >= 11 is 5.01. The highest BCUT2D eigenvalue weighted by atomic mass is 32.1. The molecule has 0 amide bonds. The van der Waals surface area contributed by atoms with E-state index in [1.54, 1.807) is 0 Å². The van der Waals surface area contributed by atoms with Gasteiger partial charge < -0.3 is 5.32 Å². The van der Waals surface area contributed by atoms with Crippen LogP contribution in [-0.2, 0) is 12.4 Å². The highest BCUT2D eigenvalue weighted by molar-refractivity contribution is 7.47. The Morgan fingerprint density at radius 1 is 1.13 bits per heavy atom. The normalized spacial score (nSPS) is 43.1. The number of nitrogens with zero attached hydrogens (tertiary/aromatic N) is 1. The lowest BCUT2D eigenvalue weighted by Crippen LogP contribution is -2.75. The molecule has 2 N–H and O–H groups in total. The van der Waals surface area contributed by atoms with Gasteiger partial charge in [-0.25, -0.2) is 0 Å². The van der Waals surface area contributed by atoms with Crippen molar-refractivity contribution >= 4 is 12.4 Å². The molecule has 0 radical (unpaired) electrons. The molecule has 1 spiro atoms. The molecule has 1 saturated heterocycles. The lowest BCUT2D eigenvalue weighted by molar-refractivity contribution is 0.0377. The van der Waals surface area contributed by atoms with Crippen molar-refractivity contribution in [1.82, 2.24) is 10.6 Å². The highest BCUT2D eigenvalue weighted by Gasteiger charge is 2.51. The molecule has 3 aliphatic rings. The van der Waals surface area contributed by atoms with E-state index in [1.807, 2.05) is 0 Å². The SMILES string of the molecule is S=NC12CCCCC1NC1(CCC1)CN2. The monoisotopic (exact) mass is 225 g/mol. The Kier molecular flexibility index (Phi) is 2.34. The Bertz CT molecular complexity index is 277. The van der Waals surface area contributed by atoms with Crippen LogP contribution in [0.3, 0.4) is 0 Å². The third-order valence-corrected chi connectivity index (χ3v) is 4.89. The van der Waals surface area contributed by atoms with Crippen molar-refractivity contribution in [2.45, 2.75) is 62.2 Å². The average molecular weight is 225 g/mol. The predicted molar refractivity (Wildman–Crippen MR) is 62.5 cm³/mol. The van der Waals surface area contributed by atoms with Crippen molar-refractivity contribution in [3.8, 4) is 0 Å². The molecule has 0 aromatic carbocycles. The lowest BCUT2D eigenvalue weighted by atomic mass is 9.71. The van der Waals surface area contributed by atoms with E-state index >= 15 is 0 Å². The Hall–Kier alpha value is -0.0600. The van der Waals surface area contributed by atoms with E-state index in [0.29, 0.717) is 11.6 Å². The van der Waals surface area contributed by atoms with Crippen molar-refractivity contribution < 1.29 is 0 Å². The van der Waals surface area contributed by atoms with E-state index in [2.05, 4.69) is 15.0 Å². The zero-order valence-electron chi connectivity index (χ0n) is 9.09. The molecule has 3 rings (SSSR count). The van der Waals surface area contributed by atoms with E-state index in [9.17, 15) is 0 Å². The molecule has 0 aromatic heterocycles. The Morgan fingerprint density at radius 2 is 2.00 bits per heavy atom. The zero-order chi connectivity index (χ0) is 10.4. The minimum atomic E-state index is -0.117. The molecule has 0 aromatic rings. The van der Waals surface area contributed by atoms with Crippen LogP contribution < -0.4 is 10.6 Å². The number of hydrogen-bond donors (Lipinski definition) is 2. The lowest BCUT2D eigenvalue weighted by Gasteiger charge is -2.56. The van der Waals surface area contributed by atoms with Crippen LogP contribution in [0.5, 0.6) is 0 Å². The van der Waals surface area contributed by atoms with E-state index < -0.39 is 0 Å². The molecule has 2 saturated carbocycles. The van der Waals surface area contributed by atoms with Gasteiger partial charge in [-0.05, 0) is 38.5 Å². The number of nitrogens with one attached hydrogen (secondary N) is 2. The smallest absolute Gasteiger partial charge is 0.139 e. The van der Waals surface area contributed by atoms with Gasteiger partial charge in [0, 0.05) is 30.6 Å². The average Bonchev–Trinajstić information content (AvgIpc) is 2.26. The first kappa shape index (κ1) is 10.1. The van der Waals surface area contributed by atoms with E-state index in [-0.39, 0.29) is 5.66 Å². The second-order valence-corrected chi connectivity index (χ2v) is 5.63. The van der Waals surface area contributed by atoms with Gasteiger partial charge in [0.1, 0.15) is 5.66 Å². The van der Waals surface area contributed by atoms with Gasteiger partial charge in [0.05, 0.1) is 0 Å². The molecular formula is C11H19N3S. The summed E-state index contributed by atoms with van der Waals surface area (Å²) in [5.41, 5.74) is 0.278. The standard InChI is InChI=1S/C11H19N3S/c15-14-11-7-2-1-4-9(11)13-10(8-12-11)5-3-6-10/h9,12-13H,1-8H2. The van der Waals surface area contributed by atoms with E-state index in [4.69, 9.17) is 12.4 Å². The van der Waals surface area contributed by atoms with Crippen LogP contribution in [0.15, 0.2) is 4.36 Å². The molecule has 3 fully saturated rings. The first-order chi connectivity index (χ1) is 7.29. The van der Waals surface area contributed by atoms with Crippen molar-refractivity contribution in [2.75, 3.05) is 6.54 Å². The van der Waals surface area contributed by atoms with Gasteiger partial charge in [-0.3, -0.25) is 5.32 Å². The Morgan fingerprint density at radius 3 is 2.67 bits per heavy atom. The van der Waals surface area contributed by atoms with Gasteiger partial charge in [0.2, 0.25) is 0 Å². The Balaban J connectivity index is 1.80. The first-order valence-electron chi connectivity index (χ1n) is 6.16. The summed E-state index contributed by atoms with van der Waals surface area (Å²) in [6.45, 7) is 1.06. The fourth-order valence-corrected chi connectivity index (χ4v) is 3.65. The van der Waals surface area contributed by atoms with Gasteiger partial charge in [0.15, 0.2) is 0 Å². The summed E-state index contributed by atoms with van der Waals surface area (Å²) in [4.78, 5) is 0. The maximum Gasteiger partial charge on any atom is 0.139 e. The van der Waals surface area contributed by atoms with Crippen molar-refractivity contribution in [1.29, 1.82) is 0 Å². The van der Waals surface area contributed by atoms with Gasteiger partial charge in [-0.15, -0.1) is 0 Å². The summed E-state index contributed by atoms with van der Waals surface area (Å²) in [5.74, 6) is 0. The number of fused-ring (bicyclic) bond motifs is 1. The van der Waals surface area contributed by atoms with Crippen LogP contribution >= 0.6 is 0 Å². The molecule has 2 aliphatic carbocycles. The number of rotatable bonds is 1. The Labute approximate surface area is 96.6 Å². The third-order valence-electron chi connectivity index (χ3n) is 4.56. The van der Waals surface area contributed by atoms with E-state index in [1.165, 1.54) is 38.5 Å². The third kappa shape index (κ3) is 1.46. The largest absolute Gasteiger partial charge is 0.304 e. The molecule has 2 atom stereocenters. The summed E-state index contributed by atoms with van der Waals surface area (Å²) in [7, 11) is 0. The summed E-state index contributed by atoms with van der Waals surface area (Å²) in [6.07, 6.45) is 8.95. The van der Waals surface area contributed by atoms with Crippen LogP contribution in [0.25, 0.3) is 0 Å². The summed E-state index contributed by atoms with van der Waals surface area (Å²) in [6, 6.07) is 0.484. The highest BCUT2D eigenvalue weighted by Crippen LogP contribution is 2.40.